The van der Waals surface area contributed by atoms with Crippen LogP contribution in [-0.2, 0) is 24.2 Å². The normalized spacial score (nSPS) is 38.4. The summed E-state index contributed by atoms with van der Waals surface area (Å²) in [6, 6.07) is 0. The third-order valence-corrected chi connectivity index (χ3v) is 8.58. The molecule has 3 aliphatic rings. The number of sulfone groups is 1. The molecule has 2 amide bonds. The van der Waals surface area contributed by atoms with Gasteiger partial charge in [-0.25, -0.2) is 8.42 Å². The van der Waals surface area contributed by atoms with E-state index in [9.17, 15) is 22.8 Å². The predicted molar refractivity (Wildman–Crippen MR) is 87.4 cm³/mol. The van der Waals surface area contributed by atoms with Gasteiger partial charge in [-0.3, -0.25) is 19.3 Å². The molecule has 2 bridgehead atoms. The van der Waals surface area contributed by atoms with Gasteiger partial charge in [0.15, 0.2) is 9.84 Å². The van der Waals surface area contributed by atoms with Crippen LogP contribution in [0.4, 0.5) is 0 Å². The molecule has 0 N–H and O–H groups in total. The summed E-state index contributed by atoms with van der Waals surface area (Å²) in [7, 11) is -3.75. The molecule has 3 fully saturated rings. The Balaban J connectivity index is 1.84. The molecule has 0 aromatic rings. The molecule has 24 heavy (non-hydrogen) atoms. The number of ketones is 1. The maximum absolute atomic E-state index is 12.8. The van der Waals surface area contributed by atoms with E-state index in [1.54, 1.807) is 13.8 Å². The number of nitrogens with zero attached hydrogens (tertiary/aromatic N) is 1. The summed E-state index contributed by atoms with van der Waals surface area (Å²) in [5.74, 6) is -2.47. The van der Waals surface area contributed by atoms with Gasteiger partial charge in [0.05, 0.1) is 5.75 Å². The van der Waals surface area contributed by atoms with Crippen LogP contribution in [0.2, 0.25) is 0 Å². The summed E-state index contributed by atoms with van der Waals surface area (Å²) >= 11 is 0. The van der Waals surface area contributed by atoms with Gasteiger partial charge in [-0.15, -0.1) is 0 Å². The fraction of sp³-hybridized carbons (Fsp3) is 0.824. The van der Waals surface area contributed by atoms with E-state index in [-0.39, 0.29) is 22.9 Å². The maximum atomic E-state index is 12.8. The van der Waals surface area contributed by atoms with Crippen LogP contribution in [0, 0.1) is 28.6 Å². The van der Waals surface area contributed by atoms with Gasteiger partial charge in [0, 0.05) is 23.7 Å². The highest BCUT2D eigenvalue weighted by molar-refractivity contribution is 7.91. The van der Waals surface area contributed by atoms with E-state index in [0.717, 1.165) is 11.3 Å². The van der Waals surface area contributed by atoms with Crippen LogP contribution in [0.5, 0.6) is 0 Å². The Bertz CT molecular complexity index is 705. The minimum atomic E-state index is -3.75. The molecule has 0 aromatic carbocycles. The average Bonchev–Trinajstić information content (AvgIpc) is 2.90. The molecule has 2 aliphatic carbocycles. The lowest BCUT2D eigenvalue weighted by molar-refractivity contribution is -0.138. The molecule has 3 rings (SSSR count). The summed E-state index contributed by atoms with van der Waals surface area (Å²) in [4.78, 5) is 37.7. The van der Waals surface area contributed by atoms with Gasteiger partial charge in [0.25, 0.3) is 0 Å². The quantitative estimate of drug-likeness (QED) is 0.711. The number of Topliss-reactive ketones (excluding diaryl/α,β-unsaturated/α-hetero) is 1. The number of carbonyl (C=O) groups is 3. The molecule has 134 valence electrons. The minimum absolute atomic E-state index is 0.0214. The Kier molecular flexibility index (Phi) is 3.76. The van der Waals surface area contributed by atoms with E-state index in [4.69, 9.17) is 0 Å². The summed E-state index contributed by atoms with van der Waals surface area (Å²) in [6.07, 6.45) is 1.89. The summed E-state index contributed by atoms with van der Waals surface area (Å²) < 4.78 is 25.5. The van der Waals surface area contributed by atoms with Crippen molar-refractivity contribution in [2.45, 2.75) is 47.0 Å². The van der Waals surface area contributed by atoms with Gasteiger partial charge >= 0.3 is 0 Å². The zero-order chi connectivity index (χ0) is 18.1. The standard InChI is InChI=1S/C17H25NO5S/c1-10-11(2)15(21)18(14(10)20)9-24(22,23)8-17-6-5-12(7-13(17)19)16(17,3)4/h10-12H,5-9H2,1-4H3. The van der Waals surface area contributed by atoms with Gasteiger partial charge in [0.2, 0.25) is 11.8 Å². The van der Waals surface area contributed by atoms with Crippen LogP contribution in [0.1, 0.15) is 47.0 Å². The first-order valence-corrected chi connectivity index (χ1v) is 10.3. The summed E-state index contributed by atoms with van der Waals surface area (Å²) in [5, 5.41) is 0. The lowest BCUT2D eigenvalue weighted by Gasteiger charge is -2.36. The molecule has 0 spiro atoms. The third kappa shape index (κ3) is 2.20. The fourth-order valence-corrected chi connectivity index (χ4v) is 7.05. The highest BCUT2D eigenvalue weighted by atomic mass is 32.2. The Morgan fingerprint density at radius 3 is 2.04 bits per heavy atom. The van der Waals surface area contributed by atoms with E-state index in [0.29, 0.717) is 12.8 Å². The van der Waals surface area contributed by atoms with Crippen molar-refractivity contribution >= 4 is 27.4 Å². The molecular formula is C17H25NO5S. The zero-order valence-corrected chi connectivity index (χ0v) is 15.5. The van der Waals surface area contributed by atoms with Crippen molar-refractivity contribution in [2.24, 2.45) is 28.6 Å². The van der Waals surface area contributed by atoms with Crippen molar-refractivity contribution in [1.29, 1.82) is 0 Å². The first kappa shape index (κ1) is 17.6. The molecule has 1 saturated heterocycles. The lowest BCUT2D eigenvalue weighted by Crippen LogP contribution is -2.45. The van der Waals surface area contributed by atoms with E-state index in [1.165, 1.54) is 0 Å². The Labute approximate surface area is 142 Å². The summed E-state index contributed by atoms with van der Waals surface area (Å²) in [6.45, 7) is 7.23. The molecule has 4 unspecified atom stereocenters. The Morgan fingerprint density at radius 1 is 1.08 bits per heavy atom. The van der Waals surface area contributed by atoms with Gasteiger partial charge < -0.3 is 0 Å². The second-order valence-electron chi connectivity index (χ2n) is 8.37. The van der Waals surface area contributed by atoms with Crippen molar-refractivity contribution in [2.75, 3.05) is 11.6 Å². The first-order valence-electron chi connectivity index (χ1n) is 8.52. The fourth-order valence-electron chi connectivity index (χ4n) is 4.88. The maximum Gasteiger partial charge on any atom is 0.233 e. The van der Waals surface area contributed by atoms with Gasteiger partial charge in [-0.05, 0) is 24.2 Å². The lowest BCUT2D eigenvalue weighted by atomic mass is 9.70. The first-order chi connectivity index (χ1) is 10.9. The van der Waals surface area contributed by atoms with E-state index in [2.05, 4.69) is 0 Å². The van der Waals surface area contributed by atoms with Crippen LogP contribution in [0.15, 0.2) is 0 Å². The molecule has 0 radical (unpaired) electrons. The van der Waals surface area contributed by atoms with Crippen molar-refractivity contribution < 1.29 is 22.8 Å². The summed E-state index contributed by atoms with van der Waals surface area (Å²) in [5.41, 5.74) is -1.21. The number of fused-ring (bicyclic) bond motifs is 2. The van der Waals surface area contributed by atoms with Crippen molar-refractivity contribution in [3.8, 4) is 0 Å². The SMILES string of the molecule is CC1C(=O)N(CS(=O)(=O)CC23CCC(CC2=O)C3(C)C)C(=O)C1C. The second kappa shape index (κ2) is 5.13. The van der Waals surface area contributed by atoms with Crippen LogP contribution < -0.4 is 0 Å². The Morgan fingerprint density at radius 2 is 1.62 bits per heavy atom. The molecule has 7 heteroatoms. The van der Waals surface area contributed by atoms with Crippen molar-refractivity contribution in [3.05, 3.63) is 0 Å². The van der Waals surface area contributed by atoms with Crippen LogP contribution in [0.25, 0.3) is 0 Å². The number of imide groups is 1. The van der Waals surface area contributed by atoms with E-state index in [1.807, 2.05) is 13.8 Å². The smallest absolute Gasteiger partial charge is 0.233 e. The van der Waals surface area contributed by atoms with Crippen molar-refractivity contribution in [1.82, 2.24) is 4.90 Å². The monoisotopic (exact) mass is 355 g/mol. The topological polar surface area (TPSA) is 88.6 Å². The number of likely N-dealkylation sites (tertiary alicyclic amines) is 1. The molecule has 6 nitrogen and oxygen atoms in total. The van der Waals surface area contributed by atoms with Gasteiger partial charge in [-0.1, -0.05) is 27.7 Å². The number of carbonyl (C=O) groups excluding carboxylic acids is 3. The van der Waals surface area contributed by atoms with E-state index >= 15 is 0 Å². The van der Waals surface area contributed by atoms with Crippen LogP contribution >= 0.6 is 0 Å². The van der Waals surface area contributed by atoms with Gasteiger partial charge in [0.1, 0.15) is 11.7 Å². The molecule has 2 saturated carbocycles. The zero-order valence-electron chi connectivity index (χ0n) is 14.7. The third-order valence-electron chi connectivity index (χ3n) is 6.99. The molecule has 4 atom stereocenters. The second-order valence-corrected chi connectivity index (χ2v) is 10.4. The molecule has 1 aliphatic heterocycles. The highest BCUT2D eigenvalue weighted by Gasteiger charge is 2.65. The highest BCUT2D eigenvalue weighted by Crippen LogP contribution is 2.64. The number of rotatable bonds is 4. The van der Waals surface area contributed by atoms with Crippen LogP contribution in [0.3, 0.4) is 0 Å². The largest absolute Gasteiger partial charge is 0.299 e. The van der Waals surface area contributed by atoms with Gasteiger partial charge in [-0.2, -0.15) is 0 Å². The number of amides is 2. The molecule has 0 aromatic heterocycles. The predicted octanol–water partition coefficient (Wildman–Crippen LogP) is 1.40. The molecule has 1 heterocycles. The Hall–Kier alpha value is -1.24. The van der Waals surface area contributed by atoms with Crippen molar-refractivity contribution in [3.63, 3.8) is 0 Å². The minimum Gasteiger partial charge on any atom is -0.299 e. The van der Waals surface area contributed by atoms with E-state index < -0.39 is 44.8 Å². The number of hydrogen-bond acceptors (Lipinski definition) is 5. The van der Waals surface area contributed by atoms with Crippen LogP contribution in [-0.4, -0.2) is 42.5 Å². The average molecular weight is 355 g/mol. The molecular weight excluding hydrogens is 330 g/mol. The number of hydrogen-bond donors (Lipinski definition) is 0.